The molecule has 6 rings (SSSR count). The van der Waals surface area contributed by atoms with Crippen molar-refractivity contribution in [3.8, 4) is 11.5 Å². The zero-order valence-corrected chi connectivity index (χ0v) is 36.8. The molecular weight excluding hydrogens is 793 g/mol. The van der Waals surface area contributed by atoms with Crippen LogP contribution >= 0.6 is 0 Å². The number of anilines is 4. The highest BCUT2D eigenvalue weighted by Gasteiger charge is 2.36. The number of carbonyl (C=O) groups is 4. The molecule has 0 saturated carbocycles. The number of benzene rings is 4. The highest BCUT2D eigenvalue weighted by Crippen LogP contribution is 2.39. The minimum absolute atomic E-state index is 0.169. The number of hydrogen-bond acceptors (Lipinski definition) is 14. The van der Waals surface area contributed by atoms with Crippen LogP contribution in [-0.4, -0.2) is 117 Å². The Kier molecular flexibility index (Phi) is 18.3. The Hall–Kier alpha value is -5.80. The van der Waals surface area contributed by atoms with E-state index in [-0.39, 0.29) is 23.1 Å². The first-order valence-corrected chi connectivity index (χ1v) is 21.2. The van der Waals surface area contributed by atoms with E-state index < -0.39 is 0 Å². The molecule has 0 aromatic heterocycles. The van der Waals surface area contributed by atoms with Crippen molar-refractivity contribution in [2.45, 2.75) is 39.5 Å². The lowest BCUT2D eigenvalue weighted by Crippen LogP contribution is -2.25. The van der Waals surface area contributed by atoms with Crippen molar-refractivity contribution in [1.29, 1.82) is 0 Å². The van der Waals surface area contributed by atoms with Gasteiger partial charge in [0, 0.05) is 112 Å². The molecule has 0 bridgehead atoms. The molecule has 0 amide bonds. The molecule has 332 valence electrons. The quantitative estimate of drug-likeness (QED) is 0.0441. The lowest BCUT2D eigenvalue weighted by atomic mass is 9.82. The van der Waals surface area contributed by atoms with Crippen LogP contribution in [0.25, 0.3) is 0 Å². The molecule has 4 aromatic rings. The highest BCUT2D eigenvalue weighted by molar-refractivity contribution is 6.33. The summed E-state index contributed by atoms with van der Waals surface area (Å²) in [4.78, 5) is 53.8. The normalized spacial score (nSPS) is 12.4. The molecule has 0 aliphatic heterocycles. The maximum atomic E-state index is 13.5. The third kappa shape index (κ3) is 11.4. The first-order chi connectivity index (χ1) is 30.2. The first-order valence-electron chi connectivity index (χ1n) is 21.2. The van der Waals surface area contributed by atoms with Crippen LogP contribution in [-0.2, 0) is 18.9 Å². The molecule has 2 aliphatic carbocycles. The number of methoxy groups -OCH3 is 4. The van der Waals surface area contributed by atoms with Crippen molar-refractivity contribution in [1.82, 2.24) is 0 Å². The van der Waals surface area contributed by atoms with E-state index in [0.29, 0.717) is 145 Å². The smallest absolute Gasteiger partial charge is 0.196 e. The summed E-state index contributed by atoms with van der Waals surface area (Å²) < 4.78 is 31.8. The molecule has 2 aliphatic rings. The van der Waals surface area contributed by atoms with Gasteiger partial charge in [0.25, 0.3) is 0 Å². The van der Waals surface area contributed by atoms with Crippen LogP contribution in [0.5, 0.6) is 11.5 Å². The lowest BCUT2D eigenvalue weighted by Gasteiger charge is -2.24. The highest BCUT2D eigenvalue weighted by atomic mass is 16.5. The molecule has 0 saturated heterocycles. The summed E-state index contributed by atoms with van der Waals surface area (Å²) in [5, 5.41) is 13.1. The van der Waals surface area contributed by atoms with E-state index in [0.717, 1.165) is 25.7 Å². The van der Waals surface area contributed by atoms with Gasteiger partial charge < -0.3 is 49.7 Å². The first kappa shape index (κ1) is 47.3. The Morgan fingerprint density at radius 2 is 0.742 bits per heavy atom. The fraction of sp³-hybridized carbons (Fsp3) is 0.417. The van der Waals surface area contributed by atoms with Gasteiger partial charge in [-0.05, 0) is 86.3 Å². The predicted molar refractivity (Wildman–Crippen MR) is 242 cm³/mol. The van der Waals surface area contributed by atoms with Crippen molar-refractivity contribution in [2.75, 3.05) is 116 Å². The van der Waals surface area contributed by atoms with E-state index in [9.17, 15) is 19.2 Å². The molecule has 0 unspecified atom stereocenters. The largest absolute Gasteiger partial charge is 0.497 e. The minimum Gasteiger partial charge on any atom is -0.497 e. The third-order valence-electron chi connectivity index (χ3n) is 10.3. The van der Waals surface area contributed by atoms with Gasteiger partial charge in [-0.15, -0.1) is 0 Å². The maximum absolute atomic E-state index is 13.5. The molecule has 14 nitrogen and oxygen atoms in total. The predicted octanol–water partition coefficient (Wildman–Crippen LogP) is 7.52. The summed E-state index contributed by atoms with van der Waals surface area (Å²) in [7, 11) is 6.38. The van der Waals surface area contributed by atoms with E-state index in [1.54, 1.807) is 50.6 Å². The maximum Gasteiger partial charge on any atom is 0.196 e. The minimum atomic E-state index is -0.198. The standard InChI is InChI=1S/C25H32N2O5.C23H28N2O5/c1-4-12-31-14-10-26-20-8-9-21(27-11-15-32-13-5-2)23-22(20)24(28)18-7-6-17(30-3)16-19(18)25(23)29;1-28-12-4-10-24-18-8-9-19(25-11-5-13-29-2)21-20(18)22(26)16-7-6-15(30-3)14-17(16)23(21)27/h6-9,16,26-27H,4-5,10-15H2,1-3H3;6-9,14,24-25H,4-5,10-13H2,1-3H3. The van der Waals surface area contributed by atoms with E-state index in [1.165, 1.54) is 14.2 Å². The number of ketones is 4. The van der Waals surface area contributed by atoms with Crippen LogP contribution in [0.15, 0.2) is 60.7 Å². The summed E-state index contributed by atoms with van der Waals surface area (Å²) in [6.45, 7) is 10.1. The van der Waals surface area contributed by atoms with Gasteiger partial charge in [0.2, 0.25) is 0 Å². The van der Waals surface area contributed by atoms with Gasteiger partial charge in [0.15, 0.2) is 23.1 Å². The van der Waals surface area contributed by atoms with Crippen LogP contribution in [0.4, 0.5) is 22.7 Å². The molecule has 0 fully saturated rings. The molecule has 0 spiro atoms. The number of nitrogens with one attached hydrogen (secondary N) is 4. The number of hydrogen-bond donors (Lipinski definition) is 4. The summed E-state index contributed by atoms with van der Waals surface area (Å²) in [6, 6.07) is 17.4. The van der Waals surface area contributed by atoms with Crippen LogP contribution in [0.2, 0.25) is 0 Å². The van der Waals surface area contributed by atoms with Crippen molar-refractivity contribution >= 4 is 45.9 Å². The van der Waals surface area contributed by atoms with E-state index >= 15 is 0 Å². The Bertz CT molecular complexity index is 2190. The monoisotopic (exact) mass is 852 g/mol. The van der Waals surface area contributed by atoms with Gasteiger partial charge in [0.05, 0.1) is 49.7 Å². The average molecular weight is 853 g/mol. The second-order valence-electron chi connectivity index (χ2n) is 14.6. The second-order valence-corrected chi connectivity index (χ2v) is 14.6. The number of rotatable bonds is 24. The number of carbonyl (C=O) groups excluding carboxylic acids is 4. The van der Waals surface area contributed by atoms with Crippen LogP contribution in [0.1, 0.15) is 103 Å². The topological polar surface area (TPSA) is 172 Å². The summed E-state index contributed by atoms with van der Waals surface area (Å²) in [6.07, 6.45) is 3.47. The molecule has 62 heavy (non-hydrogen) atoms. The Balaban J connectivity index is 0.000000235. The van der Waals surface area contributed by atoms with E-state index in [2.05, 4.69) is 35.1 Å². The Labute approximate surface area is 364 Å². The van der Waals surface area contributed by atoms with Crippen LogP contribution < -0.4 is 30.7 Å². The third-order valence-corrected chi connectivity index (χ3v) is 10.3. The van der Waals surface area contributed by atoms with E-state index in [1.807, 2.05) is 24.3 Å². The van der Waals surface area contributed by atoms with Gasteiger partial charge >= 0.3 is 0 Å². The van der Waals surface area contributed by atoms with Gasteiger partial charge in [0.1, 0.15) is 11.5 Å². The summed E-state index contributed by atoms with van der Waals surface area (Å²) in [5.74, 6) is 0.349. The van der Waals surface area contributed by atoms with Crippen molar-refractivity contribution in [3.63, 3.8) is 0 Å². The Morgan fingerprint density at radius 1 is 0.403 bits per heavy atom. The zero-order chi connectivity index (χ0) is 44.4. The van der Waals surface area contributed by atoms with Crippen molar-refractivity contribution in [3.05, 3.63) is 105 Å². The van der Waals surface area contributed by atoms with Gasteiger partial charge in [-0.1, -0.05) is 13.8 Å². The van der Waals surface area contributed by atoms with Crippen LogP contribution in [0, 0.1) is 0 Å². The number of ether oxygens (including phenoxy) is 6. The molecular formula is C48H60N4O10. The molecule has 0 atom stereocenters. The number of fused-ring (bicyclic) bond motifs is 4. The molecule has 0 heterocycles. The fourth-order valence-corrected chi connectivity index (χ4v) is 7.24. The SMILES string of the molecule is CCCOCCNc1ccc(NCCOCCC)c2c1C(=O)c1ccc(OC)cc1C2=O.COCCCNc1ccc(NCCCOC)c2c1C(=O)c1ccc(OC)cc1C2=O. The van der Waals surface area contributed by atoms with Gasteiger partial charge in [-0.3, -0.25) is 19.2 Å². The average Bonchev–Trinajstić information content (AvgIpc) is 3.30. The van der Waals surface area contributed by atoms with E-state index in [4.69, 9.17) is 28.4 Å². The lowest BCUT2D eigenvalue weighted by molar-refractivity contribution is 0.0979. The van der Waals surface area contributed by atoms with Gasteiger partial charge in [-0.25, -0.2) is 0 Å². The molecule has 4 N–H and O–H groups in total. The fourth-order valence-electron chi connectivity index (χ4n) is 7.24. The van der Waals surface area contributed by atoms with Crippen molar-refractivity contribution < 1.29 is 47.6 Å². The van der Waals surface area contributed by atoms with Crippen molar-refractivity contribution in [2.24, 2.45) is 0 Å². The molecule has 0 radical (unpaired) electrons. The summed E-state index contributed by atoms with van der Waals surface area (Å²) in [5.41, 5.74) is 5.64. The second kappa shape index (κ2) is 24.0. The summed E-state index contributed by atoms with van der Waals surface area (Å²) >= 11 is 0. The molecule has 4 aromatic carbocycles. The zero-order valence-electron chi connectivity index (χ0n) is 36.8. The van der Waals surface area contributed by atoms with Gasteiger partial charge in [-0.2, -0.15) is 0 Å². The van der Waals surface area contributed by atoms with Crippen LogP contribution in [0.3, 0.4) is 0 Å². The Morgan fingerprint density at radius 3 is 1.06 bits per heavy atom. The molecule has 14 heteroatoms.